The molecule has 186 valence electrons. The fourth-order valence-electron chi connectivity index (χ4n) is 5.14. The number of piperazine rings is 1. The Morgan fingerprint density at radius 2 is 1.46 bits per heavy atom. The first-order valence-corrected chi connectivity index (χ1v) is 12.5. The Balaban J connectivity index is 1.20. The summed E-state index contributed by atoms with van der Waals surface area (Å²) < 4.78 is 0. The van der Waals surface area contributed by atoms with Crippen LogP contribution < -0.4 is 10.2 Å². The summed E-state index contributed by atoms with van der Waals surface area (Å²) in [5.41, 5.74) is 4.91. The van der Waals surface area contributed by atoms with Gasteiger partial charge in [0.2, 0.25) is 11.8 Å². The molecular formula is C28H36N4O3. The van der Waals surface area contributed by atoms with Crippen molar-refractivity contribution in [2.24, 2.45) is 5.92 Å². The summed E-state index contributed by atoms with van der Waals surface area (Å²) in [5, 5.41) is 3.01. The molecule has 2 amide bonds. The van der Waals surface area contributed by atoms with Crippen LogP contribution >= 0.6 is 0 Å². The lowest BCUT2D eigenvalue weighted by atomic mass is 9.95. The zero-order valence-electron chi connectivity index (χ0n) is 21.0. The van der Waals surface area contributed by atoms with Gasteiger partial charge in [0.1, 0.15) is 0 Å². The summed E-state index contributed by atoms with van der Waals surface area (Å²) >= 11 is 0. The maximum atomic E-state index is 13.1. The Kier molecular flexibility index (Phi) is 7.86. The average molecular weight is 477 g/mol. The summed E-state index contributed by atoms with van der Waals surface area (Å²) in [6.07, 6.45) is 1.59. The molecule has 0 aromatic heterocycles. The third kappa shape index (κ3) is 6.48. The molecule has 35 heavy (non-hydrogen) atoms. The highest BCUT2D eigenvalue weighted by molar-refractivity contribution is 5.94. The van der Waals surface area contributed by atoms with Crippen molar-refractivity contribution in [2.75, 3.05) is 56.0 Å². The Hall–Kier alpha value is -3.19. The van der Waals surface area contributed by atoms with Crippen molar-refractivity contribution < 1.29 is 14.4 Å². The Morgan fingerprint density at radius 1 is 0.857 bits per heavy atom. The summed E-state index contributed by atoms with van der Waals surface area (Å²) in [5.74, 6) is 0.346. The van der Waals surface area contributed by atoms with Gasteiger partial charge in [0.05, 0.1) is 6.54 Å². The summed E-state index contributed by atoms with van der Waals surface area (Å²) in [6.45, 7) is 10.5. The molecule has 2 aliphatic rings. The van der Waals surface area contributed by atoms with E-state index >= 15 is 0 Å². The molecule has 0 aliphatic carbocycles. The van der Waals surface area contributed by atoms with E-state index in [9.17, 15) is 14.4 Å². The fraction of sp³-hybridized carbons (Fsp3) is 0.464. The van der Waals surface area contributed by atoms with E-state index in [1.165, 1.54) is 0 Å². The first-order valence-electron chi connectivity index (χ1n) is 12.5. The highest BCUT2D eigenvalue weighted by Crippen LogP contribution is 2.23. The van der Waals surface area contributed by atoms with Gasteiger partial charge in [0.15, 0.2) is 5.78 Å². The summed E-state index contributed by atoms with van der Waals surface area (Å²) in [4.78, 5) is 43.5. The highest BCUT2D eigenvalue weighted by atomic mass is 16.2. The SMILES string of the molecule is CC(=O)c1ccc(N2CCN(C(=O)C3CCN(CC(=O)Nc4cc(C)cc(C)c4)CC3)CC2)cc1. The number of amides is 2. The van der Waals surface area contributed by atoms with Crippen LogP contribution in [0, 0.1) is 19.8 Å². The molecular weight excluding hydrogens is 440 g/mol. The normalized spacial score (nSPS) is 17.3. The minimum absolute atomic E-state index is 0.00719. The topological polar surface area (TPSA) is 73.0 Å². The number of anilines is 2. The van der Waals surface area contributed by atoms with Crippen molar-refractivity contribution in [3.8, 4) is 0 Å². The van der Waals surface area contributed by atoms with Gasteiger partial charge in [0, 0.05) is 49.0 Å². The number of hydrogen-bond acceptors (Lipinski definition) is 5. The Bertz CT molecular complexity index is 1050. The molecule has 2 saturated heterocycles. The fourth-order valence-corrected chi connectivity index (χ4v) is 5.14. The van der Waals surface area contributed by atoms with E-state index in [0.717, 1.165) is 67.1 Å². The van der Waals surface area contributed by atoms with Crippen molar-refractivity contribution in [1.29, 1.82) is 0 Å². The van der Waals surface area contributed by atoms with Crippen LogP contribution in [-0.4, -0.2) is 73.2 Å². The second kappa shape index (κ2) is 11.0. The van der Waals surface area contributed by atoms with Crippen LogP contribution in [0.3, 0.4) is 0 Å². The lowest BCUT2D eigenvalue weighted by Crippen LogP contribution is -2.52. The largest absolute Gasteiger partial charge is 0.368 e. The van der Waals surface area contributed by atoms with Gasteiger partial charge in [0.25, 0.3) is 0 Å². The quantitative estimate of drug-likeness (QED) is 0.646. The van der Waals surface area contributed by atoms with Crippen molar-refractivity contribution in [3.05, 3.63) is 59.2 Å². The number of benzene rings is 2. The molecule has 7 heteroatoms. The van der Waals surface area contributed by atoms with Crippen LogP contribution in [-0.2, 0) is 9.59 Å². The van der Waals surface area contributed by atoms with E-state index in [4.69, 9.17) is 0 Å². The van der Waals surface area contributed by atoms with Crippen molar-refractivity contribution >= 4 is 29.0 Å². The molecule has 2 aromatic carbocycles. The molecule has 2 aliphatic heterocycles. The number of rotatable bonds is 6. The third-order valence-corrected chi connectivity index (χ3v) is 7.04. The van der Waals surface area contributed by atoms with Gasteiger partial charge in [-0.3, -0.25) is 19.3 Å². The smallest absolute Gasteiger partial charge is 0.238 e. The average Bonchev–Trinajstić information content (AvgIpc) is 2.83. The molecule has 0 radical (unpaired) electrons. The lowest BCUT2D eigenvalue weighted by Gasteiger charge is -2.39. The van der Waals surface area contributed by atoms with Crippen LogP contribution in [0.5, 0.6) is 0 Å². The van der Waals surface area contributed by atoms with E-state index < -0.39 is 0 Å². The van der Waals surface area contributed by atoms with E-state index in [-0.39, 0.29) is 23.5 Å². The number of nitrogens with one attached hydrogen (secondary N) is 1. The van der Waals surface area contributed by atoms with Gasteiger partial charge in [-0.2, -0.15) is 0 Å². The van der Waals surface area contributed by atoms with Crippen molar-refractivity contribution in [1.82, 2.24) is 9.80 Å². The number of carbonyl (C=O) groups is 3. The van der Waals surface area contributed by atoms with Gasteiger partial charge in [-0.25, -0.2) is 0 Å². The van der Waals surface area contributed by atoms with Crippen molar-refractivity contribution in [2.45, 2.75) is 33.6 Å². The predicted molar refractivity (Wildman–Crippen MR) is 139 cm³/mol. The van der Waals surface area contributed by atoms with Crippen LogP contribution in [0.4, 0.5) is 11.4 Å². The maximum Gasteiger partial charge on any atom is 0.238 e. The first kappa shape index (κ1) is 24.9. The van der Waals surface area contributed by atoms with E-state index in [1.54, 1.807) is 6.92 Å². The highest BCUT2D eigenvalue weighted by Gasteiger charge is 2.31. The monoisotopic (exact) mass is 476 g/mol. The predicted octanol–water partition coefficient (Wildman–Crippen LogP) is 3.51. The number of aryl methyl sites for hydroxylation is 2. The van der Waals surface area contributed by atoms with Gasteiger partial charge in [-0.05, 0) is 94.2 Å². The second-order valence-electron chi connectivity index (χ2n) is 9.89. The molecule has 1 N–H and O–H groups in total. The zero-order valence-corrected chi connectivity index (χ0v) is 21.0. The molecule has 2 fully saturated rings. The van der Waals surface area contributed by atoms with E-state index in [2.05, 4.69) is 21.2 Å². The van der Waals surface area contributed by atoms with Crippen LogP contribution in [0.25, 0.3) is 0 Å². The van der Waals surface area contributed by atoms with Crippen LogP contribution in [0.15, 0.2) is 42.5 Å². The molecule has 2 aromatic rings. The maximum absolute atomic E-state index is 13.1. The minimum Gasteiger partial charge on any atom is -0.368 e. The number of nitrogens with zero attached hydrogens (tertiary/aromatic N) is 3. The van der Waals surface area contributed by atoms with E-state index in [1.807, 2.05) is 55.1 Å². The molecule has 2 heterocycles. The van der Waals surface area contributed by atoms with E-state index in [0.29, 0.717) is 19.6 Å². The number of Topliss-reactive ketones (excluding diaryl/α,β-unsaturated/α-hetero) is 1. The standard InChI is InChI=1S/C28H36N4O3/c1-20-16-21(2)18-25(17-20)29-27(34)19-30-10-8-24(9-11-30)28(35)32-14-12-31(13-15-32)26-6-4-23(5-7-26)22(3)33/h4-7,16-18,24H,8-15,19H2,1-3H3,(H,29,34). The number of hydrogen-bond donors (Lipinski definition) is 1. The van der Waals surface area contributed by atoms with Gasteiger partial charge in [-0.1, -0.05) is 6.07 Å². The zero-order chi connectivity index (χ0) is 24.9. The number of carbonyl (C=O) groups excluding carboxylic acids is 3. The molecule has 4 rings (SSSR count). The molecule has 0 atom stereocenters. The number of ketones is 1. The molecule has 0 saturated carbocycles. The van der Waals surface area contributed by atoms with Gasteiger partial charge in [-0.15, -0.1) is 0 Å². The van der Waals surface area contributed by atoms with Crippen LogP contribution in [0.2, 0.25) is 0 Å². The Labute approximate surface area is 208 Å². The van der Waals surface area contributed by atoms with Crippen LogP contribution in [0.1, 0.15) is 41.3 Å². The summed E-state index contributed by atoms with van der Waals surface area (Å²) in [6, 6.07) is 13.8. The number of piperidine rings is 1. The third-order valence-electron chi connectivity index (χ3n) is 7.04. The minimum atomic E-state index is -0.00719. The van der Waals surface area contributed by atoms with Gasteiger partial charge < -0.3 is 15.1 Å². The molecule has 0 bridgehead atoms. The molecule has 0 spiro atoms. The molecule has 0 unspecified atom stereocenters. The second-order valence-corrected chi connectivity index (χ2v) is 9.89. The summed E-state index contributed by atoms with van der Waals surface area (Å²) in [7, 11) is 0. The number of likely N-dealkylation sites (tertiary alicyclic amines) is 1. The first-order chi connectivity index (χ1) is 16.8. The lowest BCUT2D eigenvalue weighted by molar-refractivity contribution is -0.137. The molecule has 7 nitrogen and oxygen atoms in total. The van der Waals surface area contributed by atoms with Gasteiger partial charge >= 0.3 is 0 Å². The Morgan fingerprint density at radius 3 is 2.03 bits per heavy atom. The van der Waals surface area contributed by atoms with Crippen molar-refractivity contribution in [3.63, 3.8) is 0 Å².